The van der Waals surface area contributed by atoms with Crippen LogP contribution in [-0.4, -0.2) is 46.0 Å². The Labute approximate surface area is 189 Å². The number of hydrogen-bond acceptors (Lipinski definition) is 6. The van der Waals surface area contributed by atoms with Crippen molar-refractivity contribution in [2.75, 3.05) is 29.9 Å². The molecule has 2 aromatic rings. The van der Waals surface area contributed by atoms with Crippen molar-refractivity contribution in [3.8, 4) is 0 Å². The average Bonchev–Trinajstić information content (AvgIpc) is 3.26. The number of benzene rings is 2. The van der Waals surface area contributed by atoms with Crippen LogP contribution in [0.3, 0.4) is 0 Å². The molecule has 0 aliphatic carbocycles. The predicted molar refractivity (Wildman–Crippen MR) is 123 cm³/mol. The van der Waals surface area contributed by atoms with Crippen LogP contribution in [0.2, 0.25) is 0 Å². The van der Waals surface area contributed by atoms with Gasteiger partial charge in [0.1, 0.15) is 6.04 Å². The van der Waals surface area contributed by atoms with Crippen molar-refractivity contribution < 1.29 is 22.7 Å². The van der Waals surface area contributed by atoms with Crippen molar-refractivity contribution in [3.05, 3.63) is 53.6 Å². The molecule has 2 N–H and O–H groups in total. The maximum Gasteiger partial charge on any atom is 0.324 e. The van der Waals surface area contributed by atoms with E-state index in [0.29, 0.717) is 5.69 Å². The van der Waals surface area contributed by atoms with Crippen molar-refractivity contribution >= 4 is 33.3 Å². The molecule has 0 aromatic heterocycles. The number of rotatable bonds is 8. The largest absolute Gasteiger partial charge is 0.454 e. The Morgan fingerprint density at radius 3 is 2.34 bits per heavy atom. The normalized spacial score (nSPS) is 14.8. The molecule has 9 heteroatoms. The lowest BCUT2D eigenvalue weighted by atomic mass is 10.1. The second-order valence-electron chi connectivity index (χ2n) is 8.01. The van der Waals surface area contributed by atoms with Gasteiger partial charge in [0.05, 0.1) is 4.90 Å². The van der Waals surface area contributed by atoms with Crippen molar-refractivity contribution in [1.82, 2.24) is 4.72 Å². The summed E-state index contributed by atoms with van der Waals surface area (Å²) in [5, 5.41) is 2.70. The van der Waals surface area contributed by atoms with Gasteiger partial charge in [-0.3, -0.25) is 9.59 Å². The summed E-state index contributed by atoms with van der Waals surface area (Å²) >= 11 is 0. The van der Waals surface area contributed by atoms with Crippen LogP contribution in [0.1, 0.15) is 30.9 Å². The first-order valence-electron chi connectivity index (χ1n) is 10.6. The topological polar surface area (TPSA) is 105 Å². The zero-order valence-electron chi connectivity index (χ0n) is 18.6. The van der Waals surface area contributed by atoms with Crippen LogP contribution in [0.5, 0.6) is 0 Å². The van der Waals surface area contributed by atoms with Gasteiger partial charge in [0.15, 0.2) is 6.61 Å². The zero-order valence-corrected chi connectivity index (χ0v) is 19.4. The molecule has 0 radical (unpaired) electrons. The van der Waals surface area contributed by atoms with Crippen LogP contribution in [0, 0.1) is 13.8 Å². The van der Waals surface area contributed by atoms with Crippen LogP contribution in [0.15, 0.2) is 47.4 Å². The monoisotopic (exact) mass is 459 g/mol. The first kappa shape index (κ1) is 23.7. The highest BCUT2D eigenvalue weighted by Gasteiger charge is 2.23. The molecule has 1 fully saturated rings. The lowest BCUT2D eigenvalue weighted by Gasteiger charge is -2.20. The molecular weight excluding hydrogens is 430 g/mol. The van der Waals surface area contributed by atoms with E-state index in [1.54, 1.807) is 12.1 Å². The molecule has 1 heterocycles. The average molecular weight is 460 g/mol. The van der Waals surface area contributed by atoms with E-state index in [1.807, 2.05) is 32.0 Å². The minimum atomic E-state index is -3.88. The zero-order chi connectivity index (χ0) is 23.3. The van der Waals surface area contributed by atoms with Gasteiger partial charge in [0.2, 0.25) is 10.0 Å². The number of nitrogens with one attached hydrogen (secondary N) is 2. The summed E-state index contributed by atoms with van der Waals surface area (Å²) in [7, 11) is -3.88. The van der Waals surface area contributed by atoms with Crippen molar-refractivity contribution in [1.29, 1.82) is 0 Å². The molecular formula is C23H29N3O5S. The quantitative estimate of drug-likeness (QED) is 0.588. The highest BCUT2D eigenvalue weighted by atomic mass is 32.2. The summed E-state index contributed by atoms with van der Waals surface area (Å²) in [6, 6.07) is 10.8. The first-order valence-corrected chi connectivity index (χ1v) is 12.0. The molecule has 0 bridgehead atoms. The number of carbonyl (C=O) groups is 2. The molecule has 32 heavy (non-hydrogen) atoms. The van der Waals surface area contributed by atoms with Gasteiger partial charge in [-0.1, -0.05) is 17.7 Å². The third-order valence-corrected chi connectivity index (χ3v) is 6.85. The second-order valence-corrected chi connectivity index (χ2v) is 9.72. The van der Waals surface area contributed by atoms with E-state index in [-0.39, 0.29) is 4.90 Å². The van der Waals surface area contributed by atoms with E-state index in [0.717, 1.165) is 29.9 Å². The molecule has 1 atom stereocenters. The number of ether oxygens (including phenoxy) is 1. The highest BCUT2D eigenvalue weighted by molar-refractivity contribution is 7.89. The molecule has 0 saturated carbocycles. The van der Waals surface area contributed by atoms with E-state index in [1.165, 1.54) is 31.9 Å². The number of hydrogen-bond donors (Lipinski definition) is 2. The van der Waals surface area contributed by atoms with Crippen LogP contribution < -0.4 is 14.9 Å². The lowest BCUT2D eigenvalue weighted by Crippen LogP contribution is -2.40. The van der Waals surface area contributed by atoms with Gasteiger partial charge in [-0.2, -0.15) is 4.72 Å². The Morgan fingerprint density at radius 2 is 1.72 bits per heavy atom. The predicted octanol–water partition coefficient (Wildman–Crippen LogP) is 2.75. The van der Waals surface area contributed by atoms with Gasteiger partial charge in [0, 0.05) is 24.5 Å². The standard InChI is InChI=1S/C23H29N3O5S/c1-16-6-9-20(10-7-16)32(29,30)25-18(3)23(28)31-15-22(27)24-19-8-11-21(17(2)14-19)26-12-4-5-13-26/h6-11,14,18,25H,4-5,12-13,15H2,1-3H3,(H,24,27). The fourth-order valence-corrected chi connectivity index (χ4v) is 4.76. The summed E-state index contributed by atoms with van der Waals surface area (Å²) in [5.74, 6) is -1.34. The van der Waals surface area contributed by atoms with Crippen molar-refractivity contribution in [2.24, 2.45) is 0 Å². The van der Waals surface area contributed by atoms with E-state index >= 15 is 0 Å². The Bertz CT molecular complexity index is 1080. The third-order valence-electron chi connectivity index (χ3n) is 5.29. The molecule has 1 saturated heterocycles. The Morgan fingerprint density at radius 1 is 1.06 bits per heavy atom. The number of anilines is 2. The fourth-order valence-electron chi connectivity index (χ4n) is 3.57. The number of nitrogens with zero attached hydrogens (tertiary/aromatic N) is 1. The Balaban J connectivity index is 1.50. The van der Waals surface area contributed by atoms with Gasteiger partial charge in [-0.25, -0.2) is 8.42 Å². The summed E-state index contributed by atoms with van der Waals surface area (Å²) in [5.41, 5.74) is 3.74. The Kier molecular flexibility index (Phi) is 7.52. The van der Waals surface area contributed by atoms with Gasteiger partial charge in [0.25, 0.3) is 5.91 Å². The second kappa shape index (κ2) is 10.1. The van der Waals surface area contributed by atoms with Gasteiger partial charge >= 0.3 is 5.97 Å². The number of amides is 1. The van der Waals surface area contributed by atoms with Crippen molar-refractivity contribution in [2.45, 2.75) is 44.6 Å². The molecule has 0 spiro atoms. The summed E-state index contributed by atoms with van der Waals surface area (Å²) < 4.78 is 32.0. The van der Waals surface area contributed by atoms with E-state index in [2.05, 4.69) is 14.9 Å². The Hall–Kier alpha value is -2.91. The third kappa shape index (κ3) is 6.08. The van der Waals surface area contributed by atoms with E-state index < -0.39 is 34.5 Å². The number of carbonyl (C=O) groups excluding carboxylic acids is 2. The highest BCUT2D eigenvalue weighted by Crippen LogP contribution is 2.26. The summed E-state index contributed by atoms with van der Waals surface area (Å²) in [4.78, 5) is 26.7. The van der Waals surface area contributed by atoms with Crippen LogP contribution in [0.4, 0.5) is 11.4 Å². The van der Waals surface area contributed by atoms with Gasteiger partial charge in [-0.15, -0.1) is 0 Å². The van der Waals surface area contributed by atoms with Crippen LogP contribution >= 0.6 is 0 Å². The minimum Gasteiger partial charge on any atom is -0.454 e. The minimum absolute atomic E-state index is 0.0493. The van der Waals surface area contributed by atoms with E-state index in [4.69, 9.17) is 4.74 Å². The molecule has 1 aliphatic rings. The molecule has 1 unspecified atom stereocenters. The molecule has 1 amide bonds. The van der Waals surface area contributed by atoms with Crippen LogP contribution in [-0.2, 0) is 24.3 Å². The summed E-state index contributed by atoms with van der Waals surface area (Å²) in [6.45, 7) is 6.76. The summed E-state index contributed by atoms with van der Waals surface area (Å²) in [6.07, 6.45) is 2.37. The molecule has 172 valence electrons. The number of aryl methyl sites for hydroxylation is 2. The van der Waals surface area contributed by atoms with E-state index in [9.17, 15) is 18.0 Å². The molecule has 2 aromatic carbocycles. The maximum absolute atomic E-state index is 12.4. The van der Waals surface area contributed by atoms with Crippen LogP contribution in [0.25, 0.3) is 0 Å². The number of esters is 1. The lowest BCUT2D eigenvalue weighted by molar-refractivity contribution is -0.148. The SMILES string of the molecule is Cc1ccc(S(=O)(=O)NC(C)C(=O)OCC(=O)Nc2ccc(N3CCCC3)c(C)c2)cc1. The molecule has 1 aliphatic heterocycles. The molecule has 3 rings (SSSR count). The van der Waals surface area contributed by atoms with Gasteiger partial charge in [-0.05, 0) is 69.5 Å². The molecule has 8 nitrogen and oxygen atoms in total. The first-order chi connectivity index (χ1) is 15.2. The van der Waals surface area contributed by atoms with Crippen molar-refractivity contribution in [3.63, 3.8) is 0 Å². The maximum atomic E-state index is 12.4. The van der Waals surface area contributed by atoms with Gasteiger partial charge < -0.3 is 15.0 Å². The smallest absolute Gasteiger partial charge is 0.324 e. The number of sulfonamides is 1. The fraction of sp³-hybridized carbons (Fsp3) is 0.391.